The van der Waals surface area contributed by atoms with Crippen LogP contribution in [0.15, 0.2) is 42.5 Å². The molecule has 1 nitrogen and oxygen atoms in total. The third kappa shape index (κ3) is 3.81. The van der Waals surface area contributed by atoms with Gasteiger partial charge in [0.25, 0.3) is 0 Å². The molecule has 2 N–H and O–H groups in total. The second-order valence-corrected chi connectivity index (χ2v) is 5.52. The van der Waals surface area contributed by atoms with Crippen LogP contribution in [0.2, 0.25) is 5.02 Å². The van der Waals surface area contributed by atoms with E-state index in [0.717, 1.165) is 18.4 Å². The standard InChI is InChI=1S/C17H19ClFN/c1-12-5-2-3-6-13(12)9-10-15(20)11-14-7-4-8-16(19)17(14)18/h2-8,15H,9-11,20H2,1H3. The van der Waals surface area contributed by atoms with Crippen molar-refractivity contribution in [2.24, 2.45) is 5.73 Å². The summed E-state index contributed by atoms with van der Waals surface area (Å²) in [4.78, 5) is 0. The average Bonchev–Trinajstić information content (AvgIpc) is 2.43. The second kappa shape index (κ2) is 6.87. The second-order valence-electron chi connectivity index (χ2n) is 5.14. The Labute approximate surface area is 124 Å². The fraction of sp³-hybridized carbons (Fsp3) is 0.294. The van der Waals surface area contributed by atoms with Crippen molar-refractivity contribution in [2.75, 3.05) is 0 Å². The molecule has 3 heteroatoms. The fourth-order valence-corrected chi connectivity index (χ4v) is 2.53. The van der Waals surface area contributed by atoms with E-state index >= 15 is 0 Å². The zero-order valence-electron chi connectivity index (χ0n) is 11.6. The SMILES string of the molecule is Cc1ccccc1CCC(N)Cc1cccc(F)c1Cl. The predicted octanol–water partition coefficient (Wildman–Crippen LogP) is 4.29. The minimum absolute atomic E-state index is 0.0195. The third-order valence-corrected chi connectivity index (χ3v) is 3.98. The van der Waals surface area contributed by atoms with Gasteiger partial charge in [0.1, 0.15) is 5.82 Å². The monoisotopic (exact) mass is 291 g/mol. The van der Waals surface area contributed by atoms with E-state index in [2.05, 4.69) is 19.1 Å². The molecule has 0 spiro atoms. The molecule has 0 bridgehead atoms. The van der Waals surface area contributed by atoms with Gasteiger partial charge in [-0.2, -0.15) is 0 Å². The van der Waals surface area contributed by atoms with Gasteiger partial charge >= 0.3 is 0 Å². The van der Waals surface area contributed by atoms with Gasteiger partial charge in [-0.25, -0.2) is 4.39 Å². The number of hydrogen-bond acceptors (Lipinski definition) is 1. The van der Waals surface area contributed by atoms with E-state index in [0.29, 0.717) is 6.42 Å². The van der Waals surface area contributed by atoms with Crippen LogP contribution in [-0.4, -0.2) is 6.04 Å². The average molecular weight is 292 g/mol. The molecule has 20 heavy (non-hydrogen) atoms. The summed E-state index contributed by atoms with van der Waals surface area (Å²) in [6.45, 7) is 2.10. The van der Waals surface area contributed by atoms with Crippen LogP contribution in [0.25, 0.3) is 0 Å². The van der Waals surface area contributed by atoms with E-state index in [-0.39, 0.29) is 16.9 Å². The van der Waals surface area contributed by atoms with Crippen LogP contribution in [0.4, 0.5) is 4.39 Å². The first kappa shape index (κ1) is 15.0. The molecule has 0 fully saturated rings. The van der Waals surface area contributed by atoms with E-state index < -0.39 is 0 Å². The highest BCUT2D eigenvalue weighted by atomic mass is 35.5. The van der Waals surface area contributed by atoms with Gasteiger partial charge in [0.15, 0.2) is 0 Å². The lowest BCUT2D eigenvalue weighted by molar-refractivity contribution is 0.598. The Kier molecular flexibility index (Phi) is 5.16. The Morgan fingerprint density at radius 3 is 2.55 bits per heavy atom. The molecule has 2 aromatic carbocycles. The maximum Gasteiger partial charge on any atom is 0.142 e. The van der Waals surface area contributed by atoms with Gasteiger partial charge < -0.3 is 5.73 Å². The van der Waals surface area contributed by atoms with Gasteiger partial charge in [-0.3, -0.25) is 0 Å². The van der Waals surface area contributed by atoms with Gasteiger partial charge in [-0.1, -0.05) is 48.0 Å². The molecule has 0 saturated heterocycles. The maximum absolute atomic E-state index is 13.4. The maximum atomic E-state index is 13.4. The largest absolute Gasteiger partial charge is 0.327 e. The van der Waals surface area contributed by atoms with Gasteiger partial charge in [0.05, 0.1) is 5.02 Å². The minimum Gasteiger partial charge on any atom is -0.327 e. The molecular weight excluding hydrogens is 273 g/mol. The third-order valence-electron chi connectivity index (χ3n) is 3.56. The lowest BCUT2D eigenvalue weighted by atomic mass is 9.97. The zero-order chi connectivity index (χ0) is 14.5. The first-order valence-electron chi connectivity index (χ1n) is 6.81. The first-order valence-corrected chi connectivity index (χ1v) is 7.18. The van der Waals surface area contributed by atoms with Crippen LogP contribution in [-0.2, 0) is 12.8 Å². The van der Waals surface area contributed by atoms with E-state index in [1.165, 1.54) is 17.2 Å². The van der Waals surface area contributed by atoms with Crippen LogP contribution in [0.3, 0.4) is 0 Å². The molecule has 0 aliphatic rings. The summed E-state index contributed by atoms with van der Waals surface area (Å²) in [5, 5.41) is 0.193. The molecule has 0 aliphatic carbocycles. The van der Waals surface area contributed by atoms with Crippen molar-refractivity contribution in [1.29, 1.82) is 0 Å². The summed E-state index contributed by atoms with van der Waals surface area (Å²) in [5.74, 6) is -0.379. The molecule has 0 aliphatic heterocycles. The van der Waals surface area contributed by atoms with Crippen molar-refractivity contribution in [3.63, 3.8) is 0 Å². The lowest BCUT2D eigenvalue weighted by Gasteiger charge is -2.14. The fourth-order valence-electron chi connectivity index (χ4n) is 2.32. The molecule has 1 unspecified atom stereocenters. The summed E-state index contributed by atoms with van der Waals surface area (Å²) < 4.78 is 13.4. The quantitative estimate of drug-likeness (QED) is 0.874. The van der Waals surface area contributed by atoms with Gasteiger partial charge in [-0.15, -0.1) is 0 Å². The molecule has 0 heterocycles. The summed E-state index contributed by atoms with van der Waals surface area (Å²) >= 11 is 5.95. The van der Waals surface area contributed by atoms with Crippen molar-refractivity contribution < 1.29 is 4.39 Å². The summed E-state index contributed by atoms with van der Waals surface area (Å²) in [6, 6.07) is 13.1. The van der Waals surface area contributed by atoms with Crippen molar-refractivity contribution in [1.82, 2.24) is 0 Å². The summed E-state index contributed by atoms with van der Waals surface area (Å²) in [6.07, 6.45) is 2.39. The molecule has 0 amide bonds. The van der Waals surface area contributed by atoms with Crippen LogP contribution in [0, 0.1) is 12.7 Å². The molecule has 2 rings (SSSR count). The minimum atomic E-state index is -0.379. The van der Waals surface area contributed by atoms with Gasteiger partial charge in [0.2, 0.25) is 0 Å². The summed E-state index contributed by atoms with van der Waals surface area (Å²) in [7, 11) is 0. The normalized spacial score (nSPS) is 12.4. The Bertz CT molecular complexity index is 583. The number of aryl methyl sites for hydroxylation is 2. The van der Waals surface area contributed by atoms with Crippen molar-refractivity contribution in [3.05, 3.63) is 70.0 Å². The number of hydrogen-bond donors (Lipinski definition) is 1. The molecule has 106 valence electrons. The molecular formula is C17H19ClFN. The highest BCUT2D eigenvalue weighted by Crippen LogP contribution is 2.21. The molecule has 0 radical (unpaired) electrons. The van der Waals surface area contributed by atoms with Crippen LogP contribution in [0.1, 0.15) is 23.1 Å². The van der Waals surface area contributed by atoms with E-state index in [9.17, 15) is 4.39 Å². The first-order chi connectivity index (χ1) is 9.58. The van der Waals surface area contributed by atoms with E-state index in [1.54, 1.807) is 6.07 Å². The Morgan fingerprint density at radius 2 is 1.80 bits per heavy atom. The van der Waals surface area contributed by atoms with E-state index in [4.69, 9.17) is 17.3 Å². The zero-order valence-corrected chi connectivity index (χ0v) is 12.3. The van der Waals surface area contributed by atoms with Crippen LogP contribution in [0.5, 0.6) is 0 Å². The summed E-state index contributed by atoms with van der Waals surface area (Å²) in [5.41, 5.74) is 9.52. The number of rotatable bonds is 5. The van der Waals surface area contributed by atoms with Crippen molar-refractivity contribution in [2.45, 2.75) is 32.2 Å². The highest BCUT2D eigenvalue weighted by molar-refractivity contribution is 6.31. The molecule has 1 atom stereocenters. The smallest absolute Gasteiger partial charge is 0.142 e. The number of halogens is 2. The van der Waals surface area contributed by atoms with Crippen molar-refractivity contribution >= 4 is 11.6 Å². The molecule has 2 aromatic rings. The highest BCUT2D eigenvalue weighted by Gasteiger charge is 2.10. The Balaban J connectivity index is 1.94. The topological polar surface area (TPSA) is 26.0 Å². The van der Waals surface area contributed by atoms with E-state index in [1.807, 2.05) is 18.2 Å². The Hall–Kier alpha value is -1.38. The predicted molar refractivity (Wildman–Crippen MR) is 82.6 cm³/mol. The van der Waals surface area contributed by atoms with Crippen molar-refractivity contribution in [3.8, 4) is 0 Å². The number of nitrogens with two attached hydrogens (primary N) is 1. The molecule has 0 aromatic heterocycles. The molecule has 0 saturated carbocycles. The van der Waals surface area contributed by atoms with Gasteiger partial charge in [-0.05, 0) is 48.9 Å². The van der Waals surface area contributed by atoms with Crippen LogP contribution >= 0.6 is 11.6 Å². The van der Waals surface area contributed by atoms with Crippen LogP contribution < -0.4 is 5.73 Å². The lowest BCUT2D eigenvalue weighted by Crippen LogP contribution is -2.23. The van der Waals surface area contributed by atoms with Gasteiger partial charge in [0, 0.05) is 6.04 Å². The Morgan fingerprint density at radius 1 is 1.10 bits per heavy atom. The number of benzene rings is 2.